The van der Waals surface area contributed by atoms with Crippen LogP contribution in [0.2, 0.25) is 0 Å². The van der Waals surface area contributed by atoms with Gasteiger partial charge in [-0.3, -0.25) is 4.98 Å². The van der Waals surface area contributed by atoms with E-state index in [4.69, 9.17) is 0 Å². The third-order valence-electron chi connectivity index (χ3n) is 2.31. The maximum atomic E-state index is 4.22. The van der Waals surface area contributed by atoms with Gasteiger partial charge in [0, 0.05) is 17.0 Å². The van der Waals surface area contributed by atoms with Gasteiger partial charge < -0.3 is 0 Å². The fourth-order valence-corrected chi connectivity index (χ4v) is 1.64. The van der Waals surface area contributed by atoms with Crippen molar-refractivity contribution in [2.45, 2.75) is 0 Å². The Morgan fingerprint density at radius 1 is 1.00 bits per heavy atom. The van der Waals surface area contributed by atoms with E-state index in [0.29, 0.717) is 0 Å². The molecule has 14 heavy (non-hydrogen) atoms. The van der Waals surface area contributed by atoms with Crippen molar-refractivity contribution in [1.29, 1.82) is 0 Å². The second-order valence-electron chi connectivity index (χ2n) is 3.16. The van der Waals surface area contributed by atoms with Gasteiger partial charge in [0.05, 0.1) is 17.9 Å². The Bertz CT molecular complexity index is 547. The number of rotatable bonds is 0. The average molecular weight is 179 g/mol. The topological polar surface area (TPSA) is 25.8 Å². The second kappa shape index (κ2) is 2.77. The number of pyridine rings is 2. The molecule has 0 spiro atoms. The minimum absolute atomic E-state index is 0.895. The summed E-state index contributed by atoms with van der Waals surface area (Å²) < 4.78 is 0. The molecule has 1 radical (unpaired) electrons. The summed E-state index contributed by atoms with van der Waals surface area (Å²) in [6.45, 7) is 0. The van der Waals surface area contributed by atoms with Crippen LogP contribution in [0.3, 0.4) is 0 Å². The smallest absolute Gasteiger partial charge is 0.0979 e. The summed E-state index contributed by atoms with van der Waals surface area (Å²) in [6.07, 6.45) is 6.55. The largest absolute Gasteiger partial charge is 0.262 e. The number of benzene rings is 1. The molecular weight excluding hydrogens is 172 g/mol. The van der Waals surface area contributed by atoms with Crippen molar-refractivity contribution in [3.63, 3.8) is 0 Å². The van der Waals surface area contributed by atoms with Gasteiger partial charge in [-0.2, -0.15) is 0 Å². The molecule has 1 aromatic carbocycles. The number of nitrogens with zero attached hydrogens (tertiary/aromatic N) is 2. The standard InChI is InChI=1S/C12H7N2/c1-2-4-10-9(3-1)7-14-12-8-13-6-5-11(10)12/h1-6,8H. The molecule has 0 aliphatic rings. The Hall–Kier alpha value is -1.96. The highest BCUT2D eigenvalue weighted by Gasteiger charge is 1.99. The first-order chi connectivity index (χ1) is 6.95. The van der Waals surface area contributed by atoms with Gasteiger partial charge in [0.15, 0.2) is 0 Å². The summed E-state index contributed by atoms with van der Waals surface area (Å²) in [7, 11) is 0. The van der Waals surface area contributed by atoms with Crippen LogP contribution in [0.1, 0.15) is 0 Å². The molecule has 0 saturated heterocycles. The summed E-state index contributed by atoms with van der Waals surface area (Å²) in [6, 6.07) is 10.1. The minimum atomic E-state index is 0.895. The molecule has 0 unspecified atom stereocenters. The normalized spacial score (nSPS) is 10.9. The minimum Gasteiger partial charge on any atom is -0.262 e. The van der Waals surface area contributed by atoms with E-state index in [2.05, 4.69) is 22.2 Å². The Morgan fingerprint density at radius 3 is 2.93 bits per heavy atom. The van der Waals surface area contributed by atoms with Gasteiger partial charge in [-0.05, 0) is 11.5 Å². The van der Waals surface area contributed by atoms with E-state index in [9.17, 15) is 0 Å². The monoisotopic (exact) mass is 179 g/mol. The van der Waals surface area contributed by atoms with Crippen LogP contribution in [-0.2, 0) is 0 Å². The van der Waals surface area contributed by atoms with E-state index in [1.54, 1.807) is 12.4 Å². The van der Waals surface area contributed by atoms with E-state index >= 15 is 0 Å². The maximum absolute atomic E-state index is 4.22. The number of fused-ring (bicyclic) bond motifs is 3. The summed E-state index contributed by atoms with van der Waals surface area (Å²) in [5, 5.41) is 3.36. The van der Waals surface area contributed by atoms with Crippen LogP contribution in [0, 0.1) is 6.20 Å². The molecule has 2 heterocycles. The lowest BCUT2D eigenvalue weighted by molar-refractivity contribution is 1.32. The molecule has 0 aliphatic carbocycles. The highest BCUT2D eigenvalue weighted by molar-refractivity contribution is 6.04. The lowest BCUT2D eigenvalue weighted by atomic mass is 10.1. The van der Waals surface area contributed by atoms with Crippen LogP contribution in [0.15, 0.2) is 42.7 Å². The first-order valence-corrected chi connectivity index (χ1v) is 4.45. The predicted molar refractivity (Wildman–Crippen MR) is 55.9 cm³/mol. The summed E-state index contributed by atoms with van der Waals surface area (Å²) in [4.78, 5) is 8.26. The van der Waals surface area contributed by atoms with E-state index in [0.717, 1.165) is 16.3 Å². The highest BCUT2D eigenvalue weighted by atomic mass is 14.7. The Morgan fingerprint density at radius 2 is 1.93 bits per heavy atom. The molecule has 2 heteroatoms. The molecule has 0 fully saturated rings. The van der Waals surface area contributed by atoms with Gasteiger partial charge in [0.25, 0.3) is 0 Å². The van der Waals surface area contributed by atoms with Crippen LogP contribution >= 0.6 is 0 Å². The molecule has 3 rings (SSSR count). The van der Waals surface area contributed by atoms with Gasteiger partial charge in [0.1, 0.15) is 0 Å². The molecule has 0 amide bonds. The molecular formula is C12H7N2. The maximum Gasteiger partial charge on any atom is 0.0979 e. The van der Waals surface area contributed by atoms with Crippen LogP contribution in [0.4, 0.5) is 0 Å². The fraction of sp³-hybridized carbons (Fsp3) is 0. The second-order valence-corrected chi connectivity index (χ2v) is 3.16. The Kier molecular flexibility index (Phi) is 1.47. The molecule has 2 aromatic heterocycles. The van der Waals surface area contributed by atoms with E-state index in [-0.39, 0.29) is 0 Å². The number of hydrogen-bond acceptors (Lipinski definition) is 2. The molecule has 0 atom stereocenters. The van der Waals surface area contributed by atoms with Crippen LogP contribution in [0.25, 0.3) is 21.7 Å². The lowest BCUT2D eigenvalue weighted by Gasteiger charge is -2.00. The van der Waals surface area contributed by atoms with Gasteiger partial charge >= 0.3 is 0 Å². The Balaban J connectivity index is 2.61. The molecule has 0 N–H and O–H groups in total. The molecule has 0 aliphatic heterocycles. The molecule has 2 nitrogen and oxygen atoms in total. The van der Waals surface area contributed by atoms with E-state index in [1.807, 2.05) is 24.3 Å². The van der Waals surface area contributed by atoms with Gasteiger partial charge in [0.2, 0.25) is 0 Å². The van der Waals surface area contributed by atoms with Crippen LogP contribution in [0.5, 0.6) is 0 Å². The van der Waals surface area contributed by atoms with Gasteiger partial charge in [-0.15, -0.1) is 0 Å². The Labute approximate surface area is 81.2 Å². The summed E-state index contributed by atoms with van der Waals surface area (Å²) in [5.41, 5.74) is 0.895. The van der Waals surface area contributed by atoms with Crippen molar-refractivity contribution in [3.8, 4) is 0 Å². The van der Waals surface area contributed by atoms with Crippen molar-refractivity contribution < 1.29 is 0 Å². The lowest BCUT2D eigenvalue weighted by Crippen LogP contribution is -1.82. The van der Waals surface area contributed by atoms with Crippen LogP contribution < -0.4 is 0 Å². The SMILES string of the molecule is [c]1nc2cnccc2c2ccccc12. The molecule has 0 bridgehead atoms. The van der Waals surface area contributed by atoms with Crippen molar-refractivity contribution >= 4 is 21.7 Å². The van der Waals surface area contributed by atoms with E-state index < -0.39 is 0 Å². The zero-order valence-corrected chi connectivity index (χ0v) is 7.44. The van der Waals surface area contributed by atoms with Gasteiger partial charge in [-0.25, -0.2) is 4.98 Å². The van der Waals surface area contributed by atoms with Gasteiger partial charge in [-0.1, -0.05) is 24.3 Å². The van der Waals surface area contributed by atoms with Crippen molar-refractivity contribution in [2.75, 3.05) is 0 Å². The zero-order chi connectivity index (χ0) is 9.38. The first-order valence-electron chi connectivity index (χ1n) is 4.45. The highest BCUT2D eigenvalue weighted by Crippen LogP contribution is 2.21. The van der Waals surface area contributed by atoms with Crippen molar-refractivity contribution in [1.82, 2.24) is 9.97 Å². The number of hydrogen-bond donors (Lipinski definition) is 0. The molecule has 65 valence electrons. The summed E-state index contributed by atoms with van der Waals surface area (Å²) in [5.74, 6) is 0. The third kappa shape index (κ3) is 0.973. The fourth-order valence-electron chi connectivity index (χ4n) is 1.64. The third-order valence-corrected chi connectivity index (χ3v) is 2.31. The van der Waals surface area contributed by atoms with E-state index in [1.165, 1.54) is 5.39 Å². The predicted octanol–water partition coefficient (Wildman–Crippen LogP) is 2.58. The van der Waals surface area contributed by atoms with Crippen molar-refractivity contribution in [2.24, 2.45) is 0 Å². The summed E-state index contributed by atoms with van der Waals surface area (Å²) >= 11 is 0. The number of aromatic nitrogens is 2. The molecule has 3 aromatic rings. The zero-order valence-electron chi connectivity index (χ0n) is 7.44. The first kappa shape index (κ1) is 7.44. The average Bonchev–Trinajstić information content (AvgIpc) is 2.29. The quantitative estimate of drug-likeness (QED) is 0.496. The van der Waals surface area contributed by atoms with Crippen molar-refractivity contribution in [3.05, 3.63) is 48.9 Å². The molecule has 0 saturated carbocycles. The van der Waals surface area contributed by atoms with Crippen LogP contribution in [-0.4, -0.2) is 9.97 Å².